The van der Waals surface area contributed by atoms with E-state index in [-0.39, 0.29) is 0 Å². The Morgan fingerprint density at radius 2 is 1.95 bits per heavy atom. The average Bonchev–Trinajstić information content (AvgIpc) is 2.47. The Kier molecular flexibility index (Phi) is 4.87. The molecule has 1 aromatic heterocycles. The fourth-order valence-electron chi connectivity index (χ4n) is 1.85. The number of para-hydroxylation sites is 1. The molecule has 0 aliphatic rings. The van der Waals surface area contributed by atoms with Gasteiger partial charge in [0.2, 0.25) is 0 Å². The summed E-state index contributed by atoms with van der Waals surface area (Å²) in [6, 6.07) is 10.1. The predicted octanol–water partition coefficient (Wildman–Crippen LogP) is 3.10. The lowest BCUT2D eigenvalue weighted by Gasteiger charge is -2.20. The number of benzene rings is 1. The molecule has 1 aromatic carbocycles. The van der Waals surface area contributed by atoms with E-state index in [9.17, 15) is 0 Å². The molecule has 0 unspecified atom stereocenters. The van der Waals surface area contributed by atoms with Gasteiger partial charge in [0, 0.05) is 18.8 Å². The lowest BCUT2D eigenvalue weighted by molar-refractivity contribution is 0.685. The summed E-state index contributed by atoms with van der Waals surface area (Å²) in [5.41, 5.74) is 1.07. The van der Waals surface area contributed by atoms with Crippen LogP contribution in [0.25, 0.3) is 0 Å². The van der Waals surface area contributed by atoms with E-state index in [1.807, 2.05) is 35.2 Å². The van der Waals surface area contributed by atoms with Gasteiger partial charge < -0.3 is 10.2 Å². The molecule has 0 fully saturated rings. The fourth-order valence-corrected chi connectivity index (χ4v) is 1.85. The summed E-state index contributed by atoms with van der Waals surface area (Å²) < 4.78 is 0. The normalized spacial score (nSPS) is 10.6. The van der Waals surface area contributed by atoms with Gasteiger partial charge in [-0.2, -0.15) is 10.1 Å². The first-order valence-corrected chi connectivity index (χ1v) is 6.97. The highest BCUT2D eigenvalue weighted by molar-refractivity contribution is 5.57. The van der Waals surface area contributed by atoms with Crippen molar-refractivity contribution in [3.8, 4) is 0 Å². The molecule has 106 valence electrons. The van der Waals surface area contributed by atoms with Gasteiger partial charge in [0.05, 0.1) is 6.20 Å². The summed E-state index contributed by atoms with van der Waals surface area (Å²) in [4.78, 5) is 6.57. The van der Waals surface area contributed by atoms with Crippen LogP contribution >= 0.6 is 0 Å². The lowest BCUT2D eigenvalue weighted by Crippen LogP contribution is -2.20. The van der Waals surface area contributed by atoms with Crippen LogP contribution in [0.15, 0.2) is 36.5 Å². The third kappa shape index (κ3) is 3.66. The smallest absolute Gasteiger partial charge is 0.251 e. The highest BCUT2D eigenvalue weighted by Gasteiger charge is 2.11. The molecule has 0 spiro atoms. The number of nitrogens with one attached hydrogen (secondary N) is 1. The van der Waals surface area contributed by atoms with Crippen LogP contribution in [0.4, 0.5) is 17.5 Å². The van der Waals surface area contributed by atoms with E-state index in [0.717, 1.165) is 24.6 Å². The monoisotopic (exact) mass is 271 g/mol. The third-order valence-corrected chi connectivity index (χ3v) is 2.86. The molecule has 1 N–H and O–H groups in total. The summed E-state index contributed by atoms with van der Waals surface area (Å²) in [5, 5.41) is 11.5. The van der Waals surface area contributed by atoms with Crippen molar-refractivity contribution in [2.45, 2.75) is 20.8 Å². The highest BCUT2D eigenvalue weighted by atomic mass is 15.3. The quantitative estimate of drug-likeness (QED) is 0.875. The van der Waals surface area contributed by atoms with Gasteiger partial charge in [0.25, 0.3) is 5.95 Å². The second kappa shape index (κ2) is 6.84. The molecule has 0 atom stereocenters. The Morgan fingerprint density at radius 1 is 1.20 bits per heavy atom. The molecule has 5 nitrogen and oxygen atoms in total. The molecule has 2 rings (SSSR count). The van der Waals surface area contributed by atoms with Crippen molar-refractivity contribution in [3.63, 3.8) is 0 Å². The van der Waals surface area contributed by atoms with Crippen LogP contribution in [-0.4, -0.2) is 28.3 Å². The van der Waals surface area contributed by atoms with E-state index >= 15 is 0 Å². The first kappa shape index (κ1) is 14.2. The second-order valence-electron chi connectivity index (χ2n) is 5.00. The summed E-state index contributed by atoms with van der Waals surface area (Å²) in [5.74, 6) is 1.94. The zero-order chi connectivity index (χ0) is 14.4. The Balaban J connectivity index is 2.20. The summed E-state index contributed by atoms with van der Waals surface area (Å²) in [6.07, 6.45) is 1.66. The molecule has 0 radical (unpaired) electrons. The molecule has 0 amide bonds. The van der Waals surface area contributed by atoms with Crippen molar-refractivity contribution in [2.75, 3.05) is 23.3 Å². The van der Waals surface area contributed by atoms with Crippen molar-refractivity contribution < 1.29 is 0 Å². The molecule has 2 aromatic rings. The molecular formula is C15H21N5. The minimum atomic E-state index is 0.560. The lowest BCUT2D eigenvalue weighted by atomic mass is 10.2. The average molecular weight is 271 g/mol. The Hall–Kier alpha value is -2.17. The largest absolute Gasteiger partial charge is 0.368 e. The molecule has 0 aliphatic carbocycles. The van der Waals surface area contributed by atoms with E-state index in [1.165, 1.54) is 0 Å². The molecule has 0 bridgehead atoms. The number of rotatable bonds is 6. The van der Waals surface area contributed by atoms with Crippen LogP contribution < -0.4 is 10.2 Å². The van der Waals surface area contributed by atoms with Crippen LogP contribution in [0.5, 0.6) is 0 Å². The van der Waals surface area contributed by atoms with E-state index in [0.29, 0.717) is 11.9 Å². The Morgan fingerprint density at radius 3 is 2.60 bits per heavy atom. The highest BCUT2D eigenvalue weighted by Crippen LogP contribution is 2.21. The summed E-state index contributed by atoms with van der Waals surface area (Å²) in [6.45, 7) is 8.05. The molecule has 5 heteroatoms. The van der Waals surface area contributed by atoms with E-state index in [1.54, 1.807) is 6.20 Å². The fraction of sp³-hybridized carbons (Fsp3) is 0.400. The summed E-state index contributed by atoms with van der Waals surface area (Å²) >= 11 is 0. The molecule has 0 saturated carbocycles. The van der Waals surface area contributed by atoms with Crippen LogP contribution in [0, 0.1) is 5.92 Å². The number of nitrogens with zero attached hydrogens (tertiary/aromatic N) is 4. The maximum atomic E-state index is 4.53. The van der Waals surface area contributed by atoms with Gasteiger partial charge in [0.1, 0.15) is 0 Å². The van der Waals surface area contributed by atoms with Gasteiger partial charge in [-0.1, -0.05) is 32.0 Å². The van der Waals surface area contributed by atoms with Gasteiger partial charge in [-0.05, 0) is 25.0 Å². The zero-order valence-electron chi connectivity index (χ0n) is 12.2. The standard InChI is InChI=1S/C15H21N5/c1-4-20(13-8-6-5-7-9-13)15-18-14(11-17-19-15)16-10-12(2)3/h5-9,11-12H,4,10H2,1-3H3,(H,16,18,19). The Bertz CT molecular complexity index is 527. The minimum absolute atomic E-state index is 0.560. The van der Waals surface area contributed by atoms with E-state index in [4.69, 9.17) is 0 Å². The van der Waals surface area contributed by atoms with Gasteiger partial charge >= 0.3 is 0 Å². The van der Waals surface area contributed by atoms with Crippen LogP contribution in [-0.2, 0) is 0 Å². The molecule has 1 heterocycles. The van der Waals surface area contributed by atoms with Gasteiger partial charge in [-0.25, -0.2) is 0 Å². The van der Waals surface area contributed by atoms with Crippen molar-refractivity contribution in [2.24, 2.45) is 5.92 Å². The van der Waals surface area contributed by atoms with Gasteiger partial charge in [0.15, 0.2) is 5.82 Å². The second-order valence-corrected chi connectivity index (χ2v) is 5.00. The SMILES string of the molecule is CCN(c1ccccc1)c1nncc(NCC(C)C)n1. The van der Waals surface area contributed by atoms with E-state index < -0.39 is 0 Å². The Labute approximate surface area is 120 Å². The summed E-state index contributed by atoms with van der Waals surface area (Å²) in [7, 11) is 0. The van der Waals surface area contributed by atoms with Crippen molar-refractivity contribution in [1.29, 1.82) is 0 Å². The molecule has 0 aliphatic heterocycles. The van der Waals surface area contributed by atoms with Crippen LogP contribution in [0.1, 0.15) is 20.8 Å². The van der Waals surface area contributed by atoms with E-state index in [2.05, 4.69) is 41.3 Å². The predicted molar refractivity (Wildman–Crippen MR) is 82.3 cm³/mol. The maximum Gasteiger partial charge on any atom is 0.251 e. The first-order chi connectivity index (χ1) is 9.70. The van der Waals surface area contributed by atoms with Crippen molar-refractivity contribution >= 4 is 17.5 Å². The number of hydrogen-bond acceptors (Lipinski definition) is 5. The van der Waals surface area contributed by atoms with Crippen LogP contribution in [0.3, 0.4) is 0 Å². The number of aromatic nitrogens is 3. The number of hydrogen-bond donors (Lipinski definition) is 1. The van der Waals surface area contributed by atoms with Gasteiger partial charge in [-0.15, -0.1) is 5.10 Å². The zero-order valence-corrected chi connectivity index (χ0v) is 12.2. The van der Waals surface area contributed by atoms with Crippen molar-refractivity contribution in [1.82, 2.24) is 15.2 Å². The number of anilines is 3. The van der Waals surface area contributed by atoms with Gasteiger partial charge in [-0.3, -0.25) is 0 Å². The first-order valence-electron chi connectivity index (χ1n) is 6.97. The maximum absolute atomic E-state index is 4.53. The van der Waals surface area contributed by atoms with Crippen molar-refractivity contribution in [3.05, 3.63) is 36.5 Å². The molecule has 20 heavy (non-hydrogen) atoms. The minimum Gasteiger partial charge on any atom is -0.368 e. The molecule has 0 saturated heterocycles. The third-order valence-electron chi connectivity index (χ3n) is 2.86. The topological polar surface area (TPSA) is 53.9 Å². The molecular weight excluding hydrogens is 250 g/mol. The van der Waals surface area contributed by atoms with Crippen LogP contribution in [0.2, 0.25) is 0 Å².